The number of halogens is 1. The first-order chi connectivity index (χ1) is 10.2. The van der Waals surface area contributed by atoms with Crippen molar-refractivity contribution in [3.63, 3.8) is 0 Å². The van der Waals surface area contributed by atoms with Gasteiger partial charge in [0.25, 0.3) is 0 Å². The molecule has 0 bridgehead atoms. The maximum atomic E-state index is 6.33. The van der Waals surface area contributed by atoms with Gasteiger partial charge < -0.3 is 5.32 Å². The Labute approximate surface area is 138 Å². The number of aryl methyl sites for hydroxylation is 1. The third-order valence-corrected chi connectivity index (χ3v) is 5.54. The molecule has 1 N–H and O–H groups in total. The number of hydrogen-bond donors (Lipinski definition) is 1. The fourth-order valence-electron chi connectivity index (χ4n) is 2.28. The van der Waals surface area contributed by atoms with E-state index in [0.717, 1.165) is 17.1 Å². The minimum absolute atomic E-state index is 0.253. The van der Waals surface area contributed by atoms with E-state index in [1.54, 1.807) is 22.7 Å². The Morgan fingerprint density at radius 2 is 1.90 bits per heavy atom. The largest absolute Gasteiger partial charge is 0.376 e. The molecule has 3 aromatic rings. The molecule has 0 spiro atoms. The van der Waals surface area contributed by atoms with Crippen molar-refractivity contribution in [2.45, 2.75) is 19.4 Å². The zero-order valence-corrected chi connectivity index (χ0v) is 14.1. The Balaban J connectivity index is 1.87. The number of nitrogens with one attached hydrogen (secondary N) is 1. The Kier molecular flexibility index (Phi) is 4.63. The van der Waals surface area contributed by atoms with Crippen LogP contribution in [0.5, 0.6) is 0 Å². The van der Waals surface area contributed by atoms with Crippen LogP contribution in [-0.4, -0.2) is 0 Å². The average Bonchev–Trinajstić information content (AvgIpc) is 3.14. The van der Waals surface area contributed by atoms with Gasteiger partial charge in [-0.05, 0) is 47.5 Å². The second kappa shape index (κ2) is 6.65. The second-order valence-electron chi connectivity index (χ2n) is 4.98. The summed E-state index contributed by atoms with van der Waals surface area (Å²) in [4.78, 5) is 2.71. The standard InChI is InChI=1S/C17H16ClNS2/c1-12-6-7-14(18)15(10-12)19-16(17-5-3-9-21-17)11-13-4-2-8-20-13/h2-10,16,19H,11H2,1H3. The van der Waals surface area contributed by atoms with Crippen LogP contribution in [0.1, 0.15) is 21.4 Å². The first-order valence-electron chi connectivity index (χ1n) is 6.81. The number of benzene rings is 1. The maximum absolute atomic E-state index is 6.33. The molecule has 108 valence electrons. The highest BCUT2D eigenvalue weighted by Crippen LogP contribution is 2.31. The van der Waals surface area contributed by atoms with Gasteiger partial charge in [-0.3, -0.25) is 0 Å². The molecule has 1 atom stereocenters. The summed E-state index contributed by atoms with van der Waals surface area (Å²) in [5, 5.41) is 8.63. The van der Waals surface area contributed by atoms with Crippen LogP contribution < -0.4 is 5.32 Å². The van der Waals surface area contributed by atoms with E-state index in [0.29, 0.717) is 0 Å². The minimum atomic E-state index is 0.253. The molecule has 3 rings (SSSR count). The molecular weight excluding hydrogens is 318 g/mol. The third kappa shape index (κ3) is 3.67. The molecule has 0 fully saturated rings. The summed E-state index contributed by atoms with van der Waals surface area (Å²) in [6.07, 6.45) is 0.975. The lowest BCUT2D eigenvalue weighted by atomic mass is 10.1. The minimum Gasteiger partial charge on any atom is -0.376 e. The summed E-state index contributed by atoms with van der Waals surface area (Å²) in [7, 11) is 0. The monoisotopic (exact) mass is 333 g/mol. The molecule has 2 aromatic heterocycles. The first kappa shape index (κ1) is 14.6. The molecule has 1 aromatic carbocycles. The van der Waals surface area contributed by atoms with Crippen LogP contribution in [0.25, 0.3) is 0 Å². The zero-order valence-electron chi connectivity index (χ0n) is 11.7. The molecule has 1 unspecified atom stereocenters. The molecule has 0 aliphatic carbocycles. The van der Waals surface area contributed by atoms with Crippen LogP contribution in [0.4, 0.5) is 5.69 Å². The van der Waals surface area contributed by atoms with Crippen molar-refractivity contribution in [3.05, 3.63) is 73.6 Å². The van der Waals surface area contributed by atoms with Gasteiger partial charge in [0.15, 0.2) is 0 Å². The molecular formula is C17H16ClNS2. The van der Waals surface area contributed by atoms with Crippen molar-refractivity contribution in [3.8, 4) is 0 Å². The number of rotatable bonds is 5. The van der Waals surface area contributed by atoms with Gasteiger partial charge in [0.05, 0.1) is 16.8 Å². The normalized spacial score (nSPS) is 12.3. The smallest absolute Gasteiger partial charge is 0.0655 e. The van der Waals surface area contributed by atoms with Gasteiger partial charge >= 0.3 is 0 Å². The maximum Gasteiger partial charge on any atom is 0.0655 e. The number of hydrogen-bond acceptors (Lipinski definition) is 3. The van der Waals surface area contributed by atoms with Gasteiger partial charge in [-0.15, -0.1) is 22.7 Å². The highest BCUT2D eigenvalue weighted by Gasteiger charge is 2.15. The van der Waals surface area contributed by atoms with Crippen molar-refractivity contribution in [2.24, 2.45) is 0 Å². The Hall–Kier alpha value is -1.29. The number of thiophene rings is 2. The van der Waals surface area contributed by atoms with Crippen LogP contribution >= 0.6 is 34.3 Å². The predicted molar refractivity (Wildman–Crippen MR) is 94.9 cm³/mol. The summed E-state index contributed by atoms with van der Waals surface area (Å²) in [6.45, 7) is 2.08. The number of anilines is 1. The third-order valence-electron chi connectivity index (χ3n) is 3.32. The van der Waals surface area contributed by atoms with E-state index in [4.69, 9.17) is 11.6 Å². The summed E-state index contributed by atoms with van der Waals surface area (Å²) in [5.74, 6) is 0. The van der Waals surface area contributed by atoms with Gasteiger partial charge in [-0.1, -0.05) is 29.8 Å². The van der Waals surface area contributed by atoms with E-state index >= 15 is 0 Å². The quantitative estimate of drug-likeness (QED) is 0.589. The summed E-state index contributed by atoms with van der Waals surface area (Å²) in [6, 6.07) is 14.9. The van der Waals surface area contributed by atoms with E-state index in [-0.39, 0.29) is 6.04 Å². The van der Waals surface area contributed by atoms with E-state index in [2.05, 4.69) is 53.3 Å². The van der Waals surface area contributed by atoms with Crippen LogP contribution in [0, 0.1) is 6.92 Å². The highest BCUT2D eigenvalue weighted by atomic mass is 35.5. The topological polar surface area (TPSA) is 12.0 Å². The van der Waals surface area contributed by atoms with E-state index in [9.17, 15) is 0 Å². The van der Waals surface area contributed by atoms with E-state index in [1.807, 2.05) is 12.1 Å². The van der Waals surface area contributed by atoms with Gasteiger partial charge in [-0.2, -0.15) is 0 Å². The Morgan fingerprint density at radius 1 is 1.10 bits per heavy atom. The lowest BCUT2D eigenvalue weighted by Gasteiger charge is -2.19. The van der Waals surface area contributed by atoms with Gasteiger partial charge in [-0.25, -0.2) is 0 Å². The molecule has 21 heavy (non-hydrogen) atoms. The second-order valence-corrected chi connectivity index (χ2v) is 7.40. The molecule has 0 saturated heterocycles. The van der Waals surface area contributed by atoms with E-state index < -0.39 is 0 Å². The SMILES string of the molecule is Cc1ccc(Cl)c(NC(Cc2cccs2)c2cccs2)c1. The molecule has 2 heterocycles. The van der Waals surface area contributed by atoms with Crippen molar-refractivity contribution in [1.29, 1.82) is 0 Å². The fraction of sp³-hybridized carbons (Fsp3) is 0.176. The van der Waals surface area contributed by atoms with Crippen LogP contribution in [0.15, 0.2) is 53.2 Å². The summed E-state index contributed by atoms with van der Waals surface area (Å²) >= 11 is 9.91. The first-order valence-corrected chi connectivity index (χ1v) is 8.94. The molecule has 4 heteroatoms. The molecule has 0 amide bonds. The van der Waals surface area contributed by atoms with Gasteiger partial charge in [0, 0.05) is 16.2 Å². The zero-order chi connectivity index (χ0) is 14.7. The lowest BCUT2D eigenvalue weighted by molar-refractivity contribution is 0.802. The molecule has 1 nitrogen and oxygen atoms in total. The average molecular weight is 334 g/mol. The molecule has 0 saturated carbocycles. The molecule has 0 aliphatic heterocycles. The van der Waals surface area contributed by atoms with Crippen LogP contribution in [0.2, 0.25) is 5.02 Å². The summed E-state index contributed by atoms with van der Waals surface area (Å²) in [5.41, 5.74) is 2.22. The van der Waals surface area contributed by atoms with E-state index in [1.165, 1.54) is 15.3 Å². The Morgan fingerprint density at radius 3 is 2.62 bits per heavy atom. The van der Waals surface area contributed by atoms with Crippen LogP contribution in [-0.2, 0) is 6.42 Å². The Bertz CT molecular complexity index is 690. The summed E-state index contributed by atoms with van der Waals surface area (Å²) < 4.78 is 0. The van der Waals surface area contributed by atoms with Crippen molar-refractivity contribution >= 4 is 40.0 Å². The van der Waals surface area contributed by atoms with Crippen molar-refractivity contribution < 1.29 is 0 Å². The van der Waals surface area contributed by atoms with Gasteiger partial charge in [0.2, 0.25) is 0 Å². The predicted octanol–water partition coefficient (Wildman–Crippen LogP) is 6.17. The highest BCUT2D eigenvalue weighted by molar-refractivity contribution is 7.10. The van der Waals surface area contributed by atoms with Crippen molar-refractivity contribution in [2.75, 3.05) is 5.32 Å². The molecule has 0 aliphatic rings. The van der Waals surface area contributed by atoms with Crippen LogP contribution in [0.3, 0.4) is 0 Å². The molecule has 0 radical (unpaired) electrons. The lowest BCUT2D eigenvalue weighted by Crippen LogP contribution is -2.12. The fourth-order valence-corrected chi connectivity index (χ4v) is 3.98. The van der Waals surface area contributed by atoms with Crippen molar-refractivity contribution in [1.82, 2.24) is 0 Å². The van der Waals surface area contributed by atoms with Gasteiger partial charge in [0.1, 0.15) is 0 Å².